The molecule has 124 valence electrons. The van der Waals surface area contributed by atoms with Gasteiger partial charge in [-0.05, 0) is 38.5 Å². The van der Waals surface area contributed by atoms with E-state index in [1.165, 1.54) is 10.6 Å². The van der Waals surface area contributed by atoms with Crippen LogP contribution in [0.25, 0.3) is 0 Å². The van der Waals surface area contributed by atoms with Crippen LogP contribution in [0.2, 0.25) is 5.02 Å². The average molecular weight is 369 g/mol. The standard InChI is InChI=1S/C17H21ClN2OS2/c1-5-6-9-20-11(2)12(3)23-17(20)19-16(22)14-10-13(18)7-8-15(14)21-4/h7-8,10H,5-6,9H2,1-4H3. The number of thiazole rings is 1. The number of hydrogen-bond acceptors (Lipinski definition) is 3. The summed E-state index contributed by atoms with van der Waals surface area (Å²) in [6.45, 7) is 7.39. The molecule has 23 heavy (non-hydrogen) atoms. The fourth-order valence-corrected chi connectivity index (χ4v) is 3.74. The lowest BCUT2D eigenvalue weighted by Gasteiger charge is -2.08. The maximum absolute atomic E-state index is 6.09. The molecule has 0 aliphatic rings. The van der Waals surface area contributed by atoms with Gasteiger partial charge in [0.05, 0.1) is 12.7 Å². The van der Waals surface area contributed by atoms with Crippen molar-refractivity contribution in [2.45, 2.75) is 40.2 Å². The molecule has 0 atom stereocenters. The predicted octanol–water partition coefficient (Wildman–Crippen LogP) is 4.90. The van der Waals surface area contributed by atoms with Gasteiger partial charge in [0.15, 0.2) is 4.80 Å². The summed E-state index contributed by atoms with van der Waals surface area (Å²) >= 11 is 13.3. The number of rotatable bonds is 5. The lowest BCUT2D eigenvalue weighted by atomic mass is 10.2. The molecule has 0 saturated heterocycles. The highest BCUT2D eigenvalue weighted by Crippen LogP contribution is 2.24. The topological polar surface area (TPSA) is 26.5 Å². The Bertz CT molecular complexity index is 777. The maximum Gasteiger partial charge on any atom is 0.191 e. The first-order chi connectivity index (χ1) is 11.0. The number of methoxy groups -OCH3 is 1. The minimum absolute atomic E-state index is 0.496. The molecule has 3 nitrogen and oxygen atoms in total. The van der Waals surface area contributed by atoms with E-state index in [9.17, 15) is 0 Å². The summed E-state index contributed by atoms with van der Waals surface area (Å²) in [5.41, 5.74) is 2.00. The van der Waals surface area contributed by atoms with Crippen LogP contribution in [-0.4, -0.2) is 16.7 Å². The minimum Gasteiger partial charge on any atom is -0.496 e. The summed E-state index contributed by atoms with van der Waals surface area (Å²) < 4.78 is 7.62. The first-order valence-corrected chi connectivity index (χ1v) is 9.17. The molecule has 0 fully saturated rings. The lowest BCUT2D eigenvalue weighted by Crippen LogP contribution is -2.18. The van der Waals surface area contributed by atoms with E-state index < -0.39 is 0 Å². The normalized spacial score (nSPS) is 11.8. The van der Waals surface area contributed by atoms with Gasteiger partial charge in [-0.1, -0.05) is 37.2 Å². The van der Waals surface area contributed by atoms with Crippen LogP contribution < -0.4 is 9.54 Å². The van der Waals surface area contributed by atoms with Crippen molar-refractivity contribution in [1.29, 1.82) is 0 Å². The van der Waals surface area contributed by atoms with E-state index in [0.717, 1.165) is 29.8 Å². The smallest absolute Gasteiger partial charge is 0.191 e. The van der Waals surface area contributed by atoms with Crippen molar-refractivity contribution in [3.63, 3.8) is 0 Å². The first kappa shape index (κ1) is 18.2. The summed E-state index contributed by atoms with van der Waals surface area (Å²) in [5.74, 6) is 0.688. The second kappa shape index (κ2) is 8.08. The highest BCUT2D eigenvalue weighted by molar-refractivity contribution is 7.80. The number of thiocarbonyl (C=S) groups is 1. The quantitative estimate of drug-likeness (QED) is 0.701. The van der Waals surface area contributed by atoms with E-state index >= 15 is 0 Å². The molecule has 6 heteroatoms. The number of halogens is 1. The molecule has 0 aliphatic carbocycles. The Kier molecular flexibility index (Phi) is 6.39. The van der Waals surface area contributed by atoms with Crippen LogP contribution in [0.3, 0.4) is 0 Å². The van der Waals surface area contributed by atoms with Crippen LogP contribution in [0.1, 0.15) is 35.9 Å². The molecule has 0 amide bonds. The molecule has 2 aromatic rings. The number of hydrogen-bond donors (Lipinski definition) is 0. The highest BCUT2D eigenvalue weighted by atomic mass is 35.5. The Morgan fingerprint density at radius 2 is 2.13 bits per heavy atom. The van der Waals surface area contributed by atoms with E-state index in [1.54, 1.807) is 30.6 Å². The van der Waals surface area contributed by atoms with Crippen LogP contribution in [0.15, 0.2) is 23.2 Å². The van der Waals surface area contributed by atoms with Crippen LogP contribution in [0.5, 0.6) is 5.75 Å². The number of unbranched alkanes of at least 4 members (excludes halogenated alkanes) is 1. The second-order valence-electron chi connectivity index (χ2n) is 5.29. The number of benzene rings is 1. The third-order valence-corrected chi connectivity index (χ3v) is 5.36. The van der Waals surface area contributed by atoms with Crippen molar-refractivity contribution in [2.24, 2.45) is 4.99 Å². The van der Waals surface area contributed by atoms with Gasteiger partial charge in [-0.25, -0.2) is 4.99 Å². The average Bonchev–Trinajstić information content (AvgIpc) is 2.79. The molecular weight excluding hydrogens is 348 g/mol. The lowest BCUT2D eigenvalue weighted by molar-refractivity contribution is 0.414. The summed E-state index contributed by atoms with van der Waals surface area (Å²) in [6, 6.07) is 5.40. The molecule has 0 spiro atoms. The van der Waals surface area contributed by atoms with Crippen LogP contribution in [0, 0.1) is 13.8 Å². The van der Waals surface area contributed by atoms with Crippen LogP contribution >= 0.6 is 35.2 Å². The Morgan fingerprint density at radius 1 is 1.39 bits per heavy atom. The van der Waals surface area contributed by atoms with Gasteiger partial charge in [0.25, 0.3) is 0 Å². The Balaban J connectivity index is 2.48. The number of aromatic nitrogens is 1. The molecule has 0 N–H and O–H groups in total. The van der Waals surface area contributed by atoms with Gasteiger partial charge in [-0.2, -0.15) is 0 Å². The molecule has 1 aromatic carbocycles. The zero-order valence-electron chi connectivity index (χ0n) is 13.9. The van der Waals surface area contributed by atoms with E-state index in [2.05, 4.69) is 30.3 Å². The van der Waals surface area contributed by atoms with Crippen molar-refractivity contribution in [1.82, 2.24) is 4.57 Å². The summed E-state index contributed by atoms with van der Waals surface area (Å²) in [7, 11) is 1.62. The van der Waals surface area contributed by atoms with Gasteiger partial charge < -0.3 is 9.30 Å². The molecule has 0 aliphatic heterocycles. The number of ether oxygens (including phenoxy) is 1. The molecule has 1 aromatic heterocycles. The summed E-state index contributed by atoms with van der Waals surface area (Å²) in [6.07, 6.45) is 2.27. The SMILES string of the molecule is CCCCn1c(C)c(C)sc1=NC(=S)c1cc(Cl)ccc1OC. The van der Waals surface area contributed by atoms with Crippen molar-refractivity contribution in [2.75, 3.05) is 7.11 Å². The molecule has 0 unspecified atom stereocenters. The fraction of sp³-hybridized carbons (Fsp3) is 0.412. The molecule has 0 saturated carbocycles. The van der Waals surface area contributed by atoms with Crippen molar-refractivity contribution < 1.29 is 4.74 Å². The third kappa shape index (κ3) is 4.22. The van der Waals surface area contributed by atoms with Gasteiger partial charge in [-0.15, -0.1) is 11.3 Å². The van der Waals surface area contributed by atoms with E-state index in [4.69, 9.17) is 28.6 Å². The fourth-order valence-electron chi connectivity index (χ4n) is 2.26. The van der Waals surface area contributed by atoms with Gasteiger partial charge in [-0.3, -0.25) is 0 Å². The molecular formula is C17H21ClN2OS2. The van der Waals surface area contributed by atoms with E-state index in [0.29, 0.717) is 15.8 Å². The monoisotopic (exact) mass is 368 g/mol. The molecule has 0 radical (unpaired) electrons. The molecule has 2 rings (SSSR count). The predicted molar refractivity (Wildman–Crippen MR) is 102 cm³/mol. The minimum atomic E-state index is 0.496. The summed E-state index contributed by atoms with van der Waals surface area (Å²) in [5, 5.41) is 0.621. The van der Waals surface area contributed by atoms with Gasteiger partial charge in [0.1, 0.15) is 10.7 Å². The van der Waals surface area contributed by atoms with Crippen LogP contribution in [-0.2, 0) is 6.54 Å². The Hall–Kier alpha value is -1.17. The van der Waals surface area contributed by atoms with Gasteiger partial charge >= 0.3 is 0 Å². The zero-order chi connectivity index (χ0) is 17.0. The second-order valence-corrected chi connectivity index (χ2v) is 7.30. The third-order valence-electron chi connectivity index (χ3n) is 3.71. The van der Waals surface area contributed by atoms with E-state index in [-0.39, 0.29) is 0 Å². The first-order valence-electron chi connectivity index (χ1n) is 7.57. The number of aryl methyl sites for hydroxylation is 1. The van der Waals surface area contributed by atoms with Gasteiger partial charge in [0.2, 0.25) is 0 Å². The largest absolute Gasteiger partial charge is 0.496 e. The Morgan fingerprint density at radius 3 is 2.78 bits per heavy atom. The van der Waals surface area contributed by atoms with Crippen molar-refractivity contribution in [3.05, 3.63) is 44.2 Å². The highest BCUT2D eigenvalue weighted by Gasteiger charge is 2.11. The number of nitrogens with zero attached hydrogens (tertiary/aromatic N) is 2. The van der Waals surface area contributed by atoms with Crippen molar-refractivity contribution in [3.8, 4) is 5.75 Å². The zero-order valence-corrected chi connectivity index (χ0v) is 16.2. The molecule has 1 heterocycles. The summed E-state index contributed by atoms with van der Waals surface area (Å²) in [4.78, 5) is 7.38. The van der Waals surface area contributed by atoms with Gasteiger partial charge in [0, 0.05) is 22.1 Å². The van der Waals surface area contributed by atoms with Crippen LogP contribution in [0.4, 0.5) is 0 Å². The van der Waals surface area contributed by atoms with E-state index in [1.807, 2.05) is 6.07 Å². The van der Waals surface area contributed by atoms with Crippen molar-refractivity contribution >= 4 is 40.1 Å². The Labute approximate surface area is 151 Å². The molecule has 0 bridgehead atoms. The maximum atomic E-state index is 6.09.